The molecule has 2 N–H and O–H groups in total. The molecular weight excluding hydrogens is 326 g/mol. The van der Waals surface area contributed by atoms with Crippen LogP contribution in [0.2, 0.25) is 0 Å². The van der Waals surface area contributed by atoms with Crippen molar-refractivity contribution in [1.29, 1.82) is 0 Å². The maximum atomic E-state index is 11.1. The third kappa shape index (κ3) is 4.07. The normalized spacial score (nSPS) is 18.5. The molecule has 1 fully saturated rings. The molecule has 3 rings (SSSR count). The number of aliphatic carboxylic acids is 1. The fourth-order valence-electron chi connectivity index (χ4n) is 2.97. The summed E-state index contributed by atoms with van der Waals surface area (Å²) in [7, 11) is 0. The fourth-order valence-corrected chi connectivity index (χ4v) is 3.64. The lowest BCUT2D eigenvalue weighted by atomic mass is 10.0. The van der Waals surface area contributed by atoms with E-state index in [4.69, 9.17) is 5.11 Å². The van der Waals surface area contributed by atoms with E-state index in [0.29, 0.717) is 11.6 Å². The molecule has 0 bridgehead atoms. The summed E-state index contributed by atoms with van der Waals surface area (Å²) in [5.74, 6) is 0.575. The van der Waals surface area contributed by atoms with E-state index in [9.17, 15) is 4.79 Å². The number of likely N-dealkylation sites (tertiary alicyclic amines) is 1. The largest absolute Gasteiger partial charge is 0.480 e. The minimum atomic E-state index is -0.814. The zero-order valence-corrected chi connectivity index (χ0v) is 14.6. The van der Waals surface area contributed by atoms with E-state index in [1.807, 2.05) is 31.0 Å². The minimum absolute atomic E-state index is 0.0242. The summed E-state index contributed by atoms with van der Waals surface area (Å²) >= 11 is 1.57. The van der Waals surface area contributed by atoms with Crippen molar-refractivity contribution in [2.45, 2.75) is 39.2 Å². The second-order valence-electron chi connectivity index (χ2n) is 6.03. The van der Waals surface area contributed by atoms with Crippen molar-refractivity contribution in [3.05, 3.63) is 28.7 Å². The van der Waals surface area contributed by atoms with Crippen LogP contribution in [-0.4, -0.2) is 44.0 Å². The Kier molecular flexibility index (Phi) is 5.06. The number of rotatable bonds is 5. The highest BCUT2D eigenvalue weighted by atomic mass is 32.1. The van der Waals surface area contributed by atoms with Gasteiger partial charge in [-0.2, -0.15) is 0 Å². The van der Waals surface area contributed by atoms with Gasteiger partial charge < -0.3 is 10.4 Å². The average molecular weight is 347 g/mol. The van der Waals surface area contributed by atoms with Crippen LogP contribution < -0.4 is 5.32 Å². The Morgan fingerprint density at radius 1 is 1.42 bits per heavy atom. The van der Waals surface area contributed by atoms with Crippen molar-refractivity contribution in [3.63, 3.8) is 0 Å². The van der Waals surface area contributed by atoms with Gasteiger partial charge >= 0.3 is 5.97 Å². The standard InChI is InChI=1S/C16H21N5O2S/c1-10-7-13(20-16-17-8-11(2)24-16)19-15(18-10)12-5-3-4-6-21(12)9-14(22)23/h7-8,12H,3-6,9H2,1-2H3,(H,22,23)(H,17,18,19,20). The summed E-state index contributed by atoms with van der Waals surface area (Å²) in [6.45, 7) is 4.72. The fraction of sp³-hybridized carbons (Fsp3) is 0.500. The van der Waals surface area contributed by atoms with Gasteiger partial charge in [0.1, 0.15) is 11.6 Å². The Balaban J connectivity index is 1.85. The molecule has 1 aliphatic rings. The van der Waals surface area contributed by atoms with Crippen molar-refractivity contribution in [3.8, 4) is 0 Å². The Morgan fingerprint density at radius 3 is 2.96 bits per heavy atom. The second-order valence-corrected chi connectivity index (χ2v) is 7.26. The lowest BCUT2D eigenvalue weighted by Crippen LogP contribution is -2.38. The van der Waals surface area contributed by atoms with Gasteiger partial charge in [-0.3, -0.25) is 9.69 Å². The molecule has 1 atom stereocenters. The minimum Gasteiger partial charge on any atom is -0.480 e. The molecule has 24 heavy (non-hydrogen) atoms. The van der Waals surface area contributed by atoms with Gasteiger partial charge in [0.05, 0.1) is 12.6 Å². The summed E-state index contributed by atoms with van der Waals surface area (Å²) in [5, 5.41) is 13.2. The van der Waals surface area contributed by atoms with Gasteiger partial charge in [0, 0.05) is 22.8 Å². The lowest BCUT2D eigenvalue weighted by Gasteiger charge is -2.33. The van der Waals surface area contributed by atoms with Gasteiger partial charge in [0.15, 0.2) is 5.13 Å². The van der Waals surface area contributed by atoms with Crippen LogP contribution in [0, 0.1) is 13.8 Å². The Bertz CT molecular complexity index is 733. The lowest BCUT2D eigenvalue weighted by molar-refractivity contribution is -0.139. The number of aromatic nitrogens is 3. The molecule has 0 amide bonds. The van der Waals surface area contributed by atoms with Crippen molar-refractivity contribution in [2.75, 3.05) is 18.4 Å². The van der Waals surface area contributed by atoms with Crippen LogP contribution in [0.4, 0.5) is 10.9 Å². The number of nitrogens with one attached hydrogen (secondary N) is 1. The van der Waals surface area contributed by atoms with E-state index in [1.165, 1.54) is 0 Å². The molecular formula is C16H21N5O2S. The maximum absolute atomic E-state index is 11.1. The number of aryl methyl sites for hydroxylation is 2. The van der Waals surface area contributed by atoms with Gasteiger partial charge in [-0.05, 0) is 33.2 Å². The number of piperidine rings is 1. The van der Waals surface area contributed by atoms with E-state index in [2.05, 4.69) is 20.3 Å². The van der Waals surface area contributed by atoms with E-state index in [1.54, 1.807) is 11.3 Å². The highest BCUT2D eigenvalue weighted by Gasteiger charge is 2.28. The summed E-state index contributed by atoms with van der Waals surface area (Å²) in [4.78, 5) is 27.7. The van der Waals surface area contributed by atoms with Crippen molar-refractivity contribution in [2.24, 2.45) is 0 Å². The number of carboxylic acid groups (broad SMARTS) is 1. The van der Waals surface area contributed by atoms with Gasteiger partial charge in [0.2, 0.25) is 0 Å². The quantitative estimate of drug-likeness (QED) is 0.859. The second kappa shape index (κ2) is 7.23. The van der Waals surface area contributed by atoms with E-state index in [-0.39, 0.29) is 12.6 Å². The number of nitrogens with zero attached hydrogens (tertiary/aromatic N) is 4. The van der Waals surface area contributed by atoms with Crippen LogP contribution in [-0.2, 0) is 4.79 Å². The molecule has 1 unspecified atom stereocenters. The molecule has 2 aromatic rings. The Labute approximate surface area is 144 Å². The van der Waals surface area contributed by atoms with Crippen LogP contribution in [0.5, 0.6) is 0 Å². The number of hydrogen-bond donors (Lipinski definition) is 2. The molecule has 0 radical (unpaired) electrons. The third-order valence-electron chi connectivity index (χ3n) is 3.98. The smallest absolute Gasteiger partial charge is 0.317 e. The molecule has 0 saturated carbocycles. The highest BCUT2D eigenvalue weighted by molar-refractivity contribution is 7.15. The predicted molar refractivity (Wildman–Crippen MR) is 92.7 cm³/mol. The first-order valence-corrected chi connectivity index (χ1v) is 8.84. The topological polar surface area (TPSA) is 91.2 Å². The number of carbonyl (C=O) groups is 1. The summed E-state index contributed by atoms with van der Waals surface area (Å²) in [5.41, 5.74) is 0.858. The van der Waals surface area contributed by atoms with Crippen molar-refractivity contribution < 1.29 is 9.90 Å². The van der Waals surface area contributed by atoms with Gasteiger partial charge in [-0.1, -0.05) is 6.42 Å². The average Bonchev–Trinajstić information content (AvgIpc) is 2.91. The van der Waals surface area contributed by atoms with Crippen LogP contribution in [0.25, 0.3) is 0 Å². The third-order valence-corrected chi connectivity index (χ3v) is 4.81. The zero-order chi connectivity index (χ0) is 17.1. The molecule has 3 heterocycles. The van der Waals surface area contributed by atoms with Crippen LogP contribution in [0.15, 0.2) is 12.3 Å². The van der Waals surface area contributed by atoms with Crippen LogP contribution in [0.3, 0.4) is 0 Å². The monoisotopic (exact) mass is 347 g/mol. The molecule has 1 saturated heterocycles. The SMILES string of the molecule is Cc1cc(Nc2ncc(C)s2)nc(C2CCCCN2CC(=O)O)n1. The maximum Gasteiger partial charge on any atom is 0.317 e. The molecule has 7 nitrogen and oxygen atoms in total. The highest BCUT2D eigenvalue weighted by Crippen LogP contribution is 2.30. The van der Waals surface area contributed by atoms with Crippen molar-refractivity contribution >= 4 is 28.3 Å². The first kappa shape index (κ1) is 16.8. The Hall–Kier alpha value is -2.06. The molecule has 128 valence electrons. The first-order chi connectivity index (χ1) is 11.5. The molecule has 0 spiro atoms. The zero-order valence-electron chi connectivity index (χ0n) is 13.8. The first-order valence-electron chi connectivity index (χ1n) is 8.02. The van der Waals surface area contributed by atoms with E-state index < -0.39 is 5.97 Å². The van der Waals surface area contributed by atoms with Crippen LogP contribution in [0.1, 0.15) is 41.7 Å². The number of carboxylic acids is 1. The van der Waals surface area contributed by atoms with Crippen LogP contribution >= 0.6 is 11.3 Å². The molecule has 8 heteroatoms. The summed E-state index contributed by atoms with van der Waals surface area (Å²) in [6, 6.07) is 1.83. The predicted octanol–water partition coefficient (Wildman–Crippen LogP) is 2.91. The van der Waals surface area contributed by atoms with Crippen molar-refractivity contribution in [1.82, 2.24) is 19.9 Å². The van der Waals surface area contributed by atoms with Gasteiger partial charge in [0.25, 0.3) is 0 Å². The Morgan fingerprint density at radius 2 is 2.25 bits per heavy atom. The summed E-state index contributed by atoms with van der Waals surface area (Å²) < 4.78 is 0. The summed E-state index contributed by atoms with van der Waals surface area (Å²) in [6.07, 6.45) is 4.77. The molecule has 0 aromatic carbocycles. The van der Waals surface area contributed by atoms with Gasteiger partial charge in [-0.25, -0.2) is 15.0 Å². The molecule has 1 aliphatic heterocycles. The number of thiazole rings is 1. The van der Waals surface area contributed by atoms with E-state index >= 15 is 0 Å². The van der Waals surface area contributed by atoms with Gasteiger partial charge in [-0.15, -0.1) is 11.3 Å². The number of hydrogen-bond acceptors (Lipinski definition) is 7. The number of anilines is 2. The van der Waals surface area contributed by atoms with E-state index in [0.717, 1.165) is 41.5 Å². The molecule has 0 aliphatic carbocycles. The molecule has 2 aromatic heterocycles.